The zero-order valence-corrected chi connectivity index (χ0v) is 17.2. The second-order valence-corrected chi connectivity index (χ2v) is 6.86. The summed E-state index contributed by atoms with van der Waals surface area (Å²) in [5.41, 5.74) is -0.911. The van der Waals surface area contributed by atoms with E-state index in [1.807, 2.05) is 0 Å². The molecule has 32 heavy (non-hydrogen) atoms. The maximum absolute atomic E-state index is 14.5. The van der Waals surface area contributed by atoms with Gasteiger partial charge in [0.2, 0.25) is 0 Å². The van der Waals surface area contributed by atoms with E-state index in [4.69, 9.17) is 9.47 Å². The number of urea groups is 1. The van der Waals surface area contributed by atoms with E-state index < -0.39 is 42.2 Å². The van der Waals surface area contributed by atoms with Gasteiger partial charge in [0.1, 0.15) is 18.2 Å². The van der Waals surface area contributed by atoms with Crippen molar-refractivity contribution in [3.8, 4) is 5.75 Å². The third kappa shape index (κ3) is 4.84. The van der Waals surface area contributed by atoms with Crippen molar-refractivity contribution < 1.29 is 36.6 Å². The molecule has 1 aliphatic heterocycles. The summed E-state index contributed by atoms with van der Waals surface area (Å²) < 4.78 is 64.0. The summed E-state index contributed by atoms with van der Waals surface area (Å²) in [6, 6.07) is 7.98. The Balaban J connectivity index is 2.03. The Morgan fingerprint density at radius 2 is 1.88 bits per heavy atom. The van der Waals surface area contributed by atoms with Gasteiger partial charge < -0.3 is 14.8 Å². The van der Waals surface area contributed by atoms with Crippen molar-refractivity contribution in [2.45, 2.75) is 19.1 Å². The number of halogens is 4. The smallest absolute Gasteiger partial charge is 0.416 e. The molecule has 0 saturated carbocycles. The van der Waals surface area contributed by atoms with E-state index in [2.05, 4.69) is 5.32 Å². The largest absolute Gasteiger partial charge is 0.487 e. The van der Waals surface area contributed by atoms with Crippen LogP contribution in [0.15, 0.2) is 59.8 Å². The third-order valence-corrected chi connectivity index (χ3v) is 4.83. The molecule has 2 aromatic carbocycles. The number of esters is 1. The Hall–Kier alpha value is -3.56. The first kappa shape index (κ1) is 23.1. The lowest BCUT2D eigenvalue weighted by Gasteiger charge is -2.34. The quantitative estimate of drug-likeness (QED) is 0.520. The summed E-state index contributed by atoms with van der Waals surface area (Å²) >= 11 is 0. The highest BCUT2D eigenvalue weighted by Crippen LogP contribution is 2.34. The second kappa shape index (κ2) is 9.29. The number of hydrogen-bond acceptors (Lipinski definition) is 4. The Morgan fingerprint density at radius 3 is 2.53 bits per heavy atom. The number of carbonyl (C=O) groups is 2. The number of rotatable bonds is 6. The minimum absolute atomic E-state index is 0.0196. The molecule has 1 N–H and O–H groups in total. The van der Waals surface area contributed by atoms with Crippen LogP contribution in [0.1, 0.15) is 24.1 Å². The van der Waals surface area contributed by atoms with Crippen LogP contribution in [-0.2, 0) is 15.7 Å². The van der Waals surface area contributed by atoms with Gasteiger partial charge in [0.15, 0.2) is 0 Å². The summed E-state index contributed by atoms with van der Waals surface area (Å²) in [4.78, 5) is 26.4. The molecule has 6 nitrogen and oxygen atoms in total. The normalized spacial score (nSPS) is 16.6. The molecule has 0 fully saturated rings. The predicted molar refractivity (Wildman–Crippen MR) is 106 cm³/mol. The van der Waals surface area contributed by atoms with E-state index in [9.17, 15) is 27.2 Å². The van der Waals surface area contributed by atoms with Gasteiger partial charge in [0.25, 0.3) is 0 Å². The van der Waals surface area contributed by atoms with Gasteiger partial charge in [-0.1, -0.05) is 24.3 Å². The Morgan fingerprint density at radius 1 is 1.16 bits per heavy atom. The molecule has 170 valence electrons. The molecule has 2 amide bonds. The molecule has 2 aromatic rings. The van der Waals surface area contributed by atoms with Gasteiger partial charge in [-0.25, -0.2) is 14.0 Å². The van der Waals surface area contributed by atoms with Gasteiger partial charge in [0.05, 0.1) is 29.5 Å². The van der Waals surface area contributed by atoms with Crippen molar-refractivity contribution >= 4 is 12.0 Å². The van der Waals surface area contributed by atoms with Crippen molar-refractivity contribution in [2.24, 2.45) is 0 Å². The van der Waals surface area contributed by atoms with Crippen molar-refractivity contribution in [2.75, 3.05) is 20.3 Å². The van der Waals surface area contributed by atoms with E-state index in [0.717, 1.165) is 17.0 Å². The fourth-order valence-corrected chi connectivity index (χ4v) is 3.24. The van der Waals surface area contributed by atoms with Gasteiger partial charge in [-0.15, -0.1) is 0 Å². The lowest BCUT2D eigenvalue weighted by Crippen LogP contribution is -2.48. The minimum atomic E-state index is -4.56. The average molecular weight is 452 g/mol. The van der Waals surface area contributed by atoms with Crippen LogP contribution in [0.5, 0.6) is 5.75 Å². The van der Waals surface area contributed by atoms with Crippen LogP contribution < -0.4 is 10.1 Å². The maximum atomic E-state index is 14.5. The molecular formula is C22H20F4N2O4. The van der Waals surface area contributed by atoms with E-state index in [-0.39, 0.29) is 29.2 Å². The zero-order chi connectivity index (χ0) is 23.5. The SMILES string of the molecule is CCOC(=O)C1=C(COc2cccc(C(F)(F)F)c2)N(C)C(=O)NC1c1ccccc1F. The van der Waals surface area contributed by atoms with E-state index in [0.29, 0.717) is 0 Å². The summed E-state index contributed by atoms with van der Waals surface area (Å²) in [7, 11) is 1.36. The van der Waals surface area contributed by atoms with Gasteiger partial charge in [-0.3, -0.25) is 4.90 Å². The lowest BCUT2D eigenvalue weighted by molar-refractivity contribution is -0.139. The maximum Gasteiger partial charge on any atom is 0.416 e. The molecule has 1 atom stereocenters. The average Bonchev–Trinajstić information content (AvgIpc) is 2.74. The third-order valence-electron chi connectivity index (χ3n) is 4.83. The van der Waals surface area contributed by atoms with Crippen LogP contribution in [0.25, 0.3) is 0 Å². The van der Waals surface area contributed by atoms with E-state index in [1.165, 1.54) is 37.4 Å². The molecule has 0 aromatic heterocycles. The minimum Gasteiger partial charge on any atom is -0.487 e. The van der Waals surface area contributed by atoms with Gasteiger partial charge >= 0.3 is 18.2 Å². The molecule has 10 heteroatoms. The van der Waals surface area contributed by atoms with Gasteiger partial charge in [-0.2, -0.15) is 13.2 Å². The van der Waals surface area contributed by atoms with Crippen molar-refractivity contribution in [1.29, 1.82) is 0 Å². The summed E-state index contributed by atoms with van der Waals surface area (Å²) in [6.07, 6.45) is -4.56. The number of hydrogen-bond donors (Lipinski definition) is 1. The first-order chi connectivity index (χ1) is 15.1. The van der Waals surface area contributed by atoms with Crippen LogP contribution >= 0.6 is 0 Å². The molecule has 0 radical (unpaired) electrons. The van der Waals surface area contributed by atoms with Gasteiger partial charge in [-0.05, 0) is 31.2 Å². The van der Waals surface area contributed by atoms with Crippen LogP contribution in [0.4, 0.5) is 22.4 Å². The van der Waals surface area contributed by atoms with Crippen LogP contribution in [0, 0.1) is 5.82 Å². The molecule has 1 aliphatic rings. The Bertz CT molecular complexity index is 1050. The topological polar surface area (TPSA) is 67.9 Å². The predicted octanol–water partition coefficient (Wildman–Crippen LogP) is 4.44. The number of nitrogens with zero attached hydrogens (tertiary/aromatic N) is 1. The first-order valence-electron chi connectivity index (χ1n) is 9.62. The Kier molecular flexibility index (Phi) is 6.71. The van der Waals surface area contributed by atoms with Gasteiger partial charge in [0, 0.05) is 12.6 Å². The molecule has 1 unspecified atom stereocenters. The first-order valence-corrected chi connectivity index (χ1v) is 9.62. The van der Waals surface area contributed by atoms with Crippen molar-refractivity contribution in [3.63, 3.8) is 0 Å². The monoisotopic (exact) mass is 452 g/mol. The standard InChI is InChI=1S/C22H20F4N2O4/c1-3-31-20(29)18-17(12-32-14-8-6-7-13(11-14)22(24,25)26)28(2)21(30)27-19(18)15-9-4-5-10-16(15)23/h4-11,19H,3,12H2,1-2H3,(H,27,30). The van der Waals surface area contributed by atoms with Crippen molar-refractivity contribution in [1.82, 2.24) is 10.2 Å². The summed E-state index contributed by atoms with van der Waals surface area (Å²) in [5.74, 6) is -1.57. The second-order valence-electron chi connectivity index (χ2n) is 6.86. The number of amides is 2. The molecule has 0 saturated heterocycles. The molecule has 3 rings (SSSR count). The number of ether oxygens (including phenoxy) is 2. The zero-order valence-electron chi connectivity index (χ0n) is 17.2. The van der Waals surface area contributed by atoms with Crippen LogP contribution in [0.3, 0.4) is 0 Å². The highest BCUT2D eigenvalue weighted by atomic mass is 19.4. The van der Waals surface area contributed by atoms with Crippen LogP contribution in [0.2, 0.25) is 0 Å². The number of nitrogens with one attached hydrogen (secondary N) is 1. The Labute approximate surface area is 181 Å². The summed E-state index contributed by atoms with van der Waals surface area (Å²) in [5, 5.41) is 2.55. The fourth-order valence-electron chi connectivity index (χ4n) is 3.24. The number of likely N-dealkylation sites (N-methyl/N-ethyl adjacent to an activating group) is 1. The molecule has 0 aliphatic carbocycles. The van der Waals surface area contributed by atoms with Crippen molar-refractivity contribution in [3.05, 3.63) is 76.7 Å². The lowest BCUT2D eigenvalue weighted by atomic mass is 9.94. The fraction of sp³-hybridized carbons (Fsp3) is 0.273. The molecule has 0 bridgehead atoms. The summed E-state index contributed by atoms with van der Waals surface area (Å²) in [6.45, 7) is 1.18. The highest BCUT2D eigenvalue weighted by Gasteiger charge is 2.38. The highest BCUT2D eigenvalue weighted by molar-refractivity contribution is 5.95. The molecular weight excluding hydrogens is 432 g/mol. The number of benzene rings is 2. The number of alkyl halides is 3. The van der Waals surface area contributed by atoms with E-state index in [1.54, 1.807) is 13.0 Å². The number of carbonyl (C=O) groups excluding carboxylic acids is 2. The van der Waals surface area contributed by atoms with Crippen LogP contribution in [-0.4, -0.2) is 37.2 Å². The molecule has 1 heterocycles. The molecule has 0 spiro atoms. The van der Waals surface area contributed by atoms with E-state index >= 15 is 0 Å².